The molecule has 1 fully saturated rings. The maximum Gasteiger partial charge on any atom is 0.246 e. The molecule has 5 rings (SSSR count). The number of aldehydes is 1. The Morgan fingerprint density at radius 1 is 1.17 bits per heavy atom. The number of amidine groups is 1. The molecular weight excluding hydrogens is 536 g/mol. The van der Waals surface area contributed by atoms with Gasteiger partial charge < -0.3 is 9.80 Å². The second-order valence-electron chi connectivity index (χ2n) is 10.6. The molecule has 1 atom stereocenters. The quantitative estimate of drug-likeness (QED) is 0.272. The van der Waals surface area contributed by atoms with Gasteiger partial charge in [0.05, 0.1) is 27.7 Å². The Balaban J connectivity index is 1.72. The number of nitrogens with zero attached hydrogens (tertiary/aromatic N) is 6. The third-order valence-electron chi connectivity index (χ3n) is 7.56. The van der Waals surface area contributed by atoms with Gasteiger partial charge in [-0.1, -0.05) is 62.9 Å². The van der Waals surface area contributed by atoms with Gasteiger partial charge in [0.15, 0.2) is 12.1 Å². The van der Waals surface area contributed by atoms with Crippen LogP contribution in [0.1, 0.15) is 53.9 Å². The number of carbonyl (C=O) groups is 2. The van der Waals surface area contributed by atoms with Crippen LogP contribution in [0.3, 0.4) is 0 Å². The summed E-state index contributed by atoms with van der Waals surface area (Å²) >= 11 is 6.92. The van der Waals surface area contributed by atoms with Gasteiger partial charge in [-0.3, -0.25) is 19.5 Å². The predicted molar refractivity (Wildman–Crippen MR) is 164 cm³/mol. The van der Waals surface area contributed by atoms with Crippen molar-refractivity contribution in [2.24, 2.45) is 4.99 Å². The van der Waals surface area contributed by atoms with Crippen LogP contribution in [0.25, 0.3) is 11.3 Å². The van der Waals surface area contributed by atoms with E-state index in [0.29, 0.717) is 59.0 Å². The summed E-state index contributed by atoms with van der Waals surface area (Å²) in [6.07, 6.45) is 3.97. The molecule has 0 N–H and O–H groups in total. The van der Waals surface area contributed by atoms with Gasteiger partial charge in [-0.05, 0) is 43.5 Å². The molecular formula is C32H33ClN6O2. The first kappa shape index (κ1) is 28.2. The molecule has 3 aromatic rings. The third-order valence-corrected chi connectivity index (χ3v) is 7.84. The van der Waals surface area contributed by atoms with Crippen molar-refractivity contribution in [3.8, 4) is 11.3 Å². The lowest BCUT2D eigenvalue weighted by atomic mass is 10.0. The molecule has 8 nitrogen and oxygen atoms in total. The number of anilines is 2. The normalized spacial score (nSPS) is 16.9. The smallest absolute Gasteiger partial charge is 0.246 e. The van der Waals surface area contributed by atoms with Crippen molar-refractivity contribution in [2.45, 2.75) is 39.7 Å². The van der Waals surface area contributed by atoms with Gasteiger partial charge in [0.1, 0.15) is 11.7 Å². The minimum Gasteiger partial charge on any atom is -0.350 e. The number of fused-ring (bicyclic) bond motifs is 1. The molecule has 0 bridgehead atoms. The Morgan fingerprint density at radius 2 is 1.93 bits per heavy atom. The fourth-order valence-electron chi connectivity index (χ4n) is 5.51. The Kier molecular flexibility index (Phi) is 7.78. The van der Waals surface area contributed by atoms with E-state index in [1.165, 1.54) is 6.08 Å². The number of benzene rings is 1. The SMILES string of the molecule is C=CC(=O)N1CCN(C2=NC(=C)N(c3c(C)ccnc3C(C)C)c3nc(-c4ccccc4C=O)c(Cl)cc32)[C@@H](C)C1. The summed E-state index contributed by atoms with van der Waals surface area (Å²) in [7, 11) is 0. The van der Waals surface area contributed by atoms with Crippen molar-refractivity contribution >= 4 is 41.1 Å². The standard InChI is InChI=1S/C32H33ClN6O2/c1-7-27(41)37-14-15-38(21(5)17-37)31-25-16-26(33)29(24-11-9-8-10-23(24)18-40)36-32(25)39(22(6)35-31)30-20(4)12-13-34-28(30)19(2)3/h7-13,16,18-19,21H,1,6,14-15,17H2,2-5H3/t21-/m0/s1. The first-order valence-electron chi connectivity index (χ1n) is 13.6. The number of hydrogen-bond acceptors (Lipinski definition) is 7. The van der Waals surface area contributed by atoms with Crippen LogP contribution < -0.4 is 4.90 Å². The van der Waals surface area contributed by atoms with Crippen molar-refractivity contribution in [2.75, 3.05) is 24.5 Å². The molecule has 2 aliphatic heterocycles. The first-order chi connectivity index (χ1) is 19.7. The Hall–Kier alpha value is -4.30. The van der Waals surface area contributed by atoms with Gasteiger partial charge in [0, 0.05) is 43.0 Å². The van der Waals surface area contributed by atoms with E-state index in [2.05, 4.69) is 38.8 Å². The second-order valence-corrected chi connectivity index (χ2v) is 11.0. The number of rotatable bonds is 5. The predicted octanol–water partition coefficient (Wildman–Crippen LogP) is 6.13. The van der Waals surface area contributed by atoms with Crippen molar-refractivity contribution in [3.05, 3.63) is 95.1 Å². The van der Waals surface area contributed by atoms with Crippen LogP contribution in [0, 0.1) is 6.92 Å². The van der Waals surface area contributed by atoms with E-state index in [0.717, 1.165) is 28.8 Å². The average molecular weight is 569 g/mol. The minimum absolute atomic E-state index is 0.0285. The lowest BCUT2D eigenvalue weighted by Crippen LogP contribution is -2.56. The molecule has 1 aromatic carbocycles. The topological polar surface area (TPSA) is 82.0 Å². The summed E-state index contributed by atoms with van der Waals surface area (Å²) in [5.41, 5.74) is 5.14. The Morgan fingerprint density at radius 3 is 2.61 bits per heavy atom. The fourth-order valence-corrected chi connectivity index (χ4v) is 5.77. The highest BCUT2D eigenvalue weighted by atomic mass is 35.5. The summed E-state index contributed by atoms with van der Waals surface area (Å²) in [6.45, 7) is 17.9. The Labute approximate surface area is 245 Å². The second kappa shape index (κ2) is 11.3. The molecule has 4 heterocycles. The molecule has 2 aromatic heterocycles. The number of aryl methyl sites for hydroxylation is 1. The molecule has 0 radical (unpaired) electrons. The van der Waals surface area contributed by atoms with Gasteiger partial charge in [-0.15, -0.1) is 0 Å². The van der Waals surface area contributed by atoms with E-state index in [-0.39, 0.29) is 17.9 Å². The zero-order chi connectivity index (χ0) is 29.4. The molecule has 1 saturated heterocycles. The van der Waals surface area contributed by atoms with Crippen molar-refractivity contribution in [3.63, 3.8) is 0 Å². The maximum absolute atomic E-state index is 12.3. The van der Waals surface area contributed by atoms with Crippen molar-refractivity contribution < 1.29 is 9.59 Å². The van der Waals surface area contributed by atoms with Gasteiger partial charge >= 0.3 is 0 Å². The van der Waals surface area contributed by atoms with E-state index in [9.17, 15) is 9.59 Å². The van der Waals surface area contributed by atoms with E-state index >= 15 is 0 Å². The number of carbonyl (C=O) groups excluding carboxylic acids is 2. The lowest BCUT2D eigenvalue weighted by Gasteiger charge is -2.43. The van der Waals surface area contributed by atoms with E-state index in [4.69, 9.17) is 26.6 Å². The fraction of sp³-hybridized carbons (Fsp3) is 0.281. The molecule has 9 heteroatoms. The number of pyridine rings is 2. The zero-order valence-electron chi connectivity index (χ0n) is 23.8. The van der Waals surface area contributed by atoms with Crippen LogP contribution in [-0.4, -0.2) is 63.5 Å². The van der Waals surface area contributed by atoms with E-state index in [1.807, 2.05) is 48.4 Å². The van der Waals surface area contributed by atoms with E-state index < -0.39 is 0 Å². The molecule has 0 unspecified atom stereocenters. The number of aromatic nitrogens is 2. The van der Waals surface area contributed by atoms with Crippen LogP contribution in [0.4, 0.5) is 11.5 Å². The van der Waals surface area contributed by atoms with Crippen LogP contribution in [-0.2, 0) is 4.79 Å². The Bertz CT molecular complexity index is 1600. The van der Waals surface area contributed by atoms with Crippen molar-refractivity contribution in [1.29, 1.82) is 0 Å². The lowest BCUT2D eigenvalue weighted by molar-refractivity contribution is -0.128. The number of piperazine rings is 1. The van der Waals surface area contributed by atoms with Gasteiger partial charge in [-0.2, -0.15) is 0 Å². The molecule has 41 heavy (non-hydrogen) atoms. The van der Waals surface area contributed by atoms with E-state index in [1.54, 1.807) is 11.0 Å². The van der Waals surface area contributed by atoms with Crippen molar-refractivity contribution in [1.82, 2.24) is 19.8 Å². The van der Waals surface area contributed by atoms with Crippen LogP contribution in [0.2, 0.25) is 5.02 Å². The first-order valence-corrected chi connectivity index (χ1v) is 14.0. The minimum atomic E-state index is -0.0884. The summed E-state index contributed by atoms with van der Waals surface area (Å²) < 4.78 is 0. The number of halogens is 1. The number of aliphatic imine (C=N–C) groups is 1. The summed E-state index contributed by atoms with van der Waals surface area (Å²) in [4.78, 5) is 45.0. The summed E-state index contributed by atoms with van der Waals surface area (Å²) in [6, 6.07) is 11.1. The molecule has 210 valence electrons. The molecule has 0 spiro atoms. The summed E-state index contributed by atoms with van der Waals surface area (Å²) in [5.74, 6) is 1.83. The number of amides is 1. The molecule has 0 aliphatic carbocycles. The molecule has 0 saturated carbocycles. The average Bonchev–Trinajstić information content (AvgIpc) is 2.96. The van der Waals surface area contributed by atoms with Gasteiger partial charge in [0.2, 0.25) is 5.91 Å². The van der Waals surface area contributed by atoms with Gasteiger partial charge in [-0.25, -0.2) is 9.98 Å². The van der Waals surface area contributed by atoms with Gasteiger partial charge in [0.25, 0.3) is 0 Å². The molecule has 1 amide bonds. The third kappa shape index (κ3) is 5.04. The van der Waals surface area contributed by atoms with Crippen LogP contribution >= 0.6 is 11.6 Å². The maximum atomic E-state index is 12.3. The van der Waals surface area contributed by atoms with Crippen LogP contribution in [0.5, 0.6) is 0 Å². The van der Waals surface area contributed by atoms with Crippen LogP contribution in [0.15, 0.2) is 72.6 Å². The zero-order valence-corrected chi connectivity index (χ0v) is 24.5. The highest BCUT2D eigenvalue weighted by molar-refractivity contribution is 6.34. The largest absolute Gasteiger partial charge is 0.350 e. The highest BCUT2D eigenvalue weighted by Gasteiger charge is 2.36. The summed E-state index contributed by atoms with van der Waals surface area (Å²) in [5, 5.41) is 0.401. The monoisotopic (exact) mass is 568 g/mol. The highest BCUT2D eigenvalue weighted by Crippen LogP contribution is 2.43. The molecule has 2 aliphatic rings. The number of hydrogen-bond donors (Lipinski definition) is 0.